The summed E-state index contributed by atoms with van der Waals surface area (Å²) < 4.78 is 0.727. The highest BCUT2D eigenvalue weighted by Crippen LogP contribution is 2.48. The Morgan fingerprint density at radius 3 is 1.85 bits per heavy atom. The first-order valence-corrected chi connectivity index (χ1v) is 16.3. The fraction of sp³-hybridized carbons (Fsp3) is 0.400. The number of amides is 1. The summed E-state index contributed by atoms with van der Waals surface area (Å²) in [5, 5.41) is 23.1. The van der Waals surface area contributed by atoms with Gasteiger partial charge in [0.15, 0.2) is 5.81 Å². The van der Waals surface area contributed by atoms with Crippen LogP contribution in [0.25, 0.3) is 0 Å². The first-order valence-electron chi connectivity index (χ1n) is 13.2. The van der Waals surface area contributed by atoms with Gasteiger partial charge in [0.2, 0.25) is 19.6 Å². The summed E-state index contributed by atoms with van der Waals surface area (Å²) >= 11 is 0. The number of nitrogens with one attached hydrogen (secondary N) is 1. The largest absolute Gasteiger partial charge is 0.492 e. The second kappa shape index (κ2) is 12.6. The zero-order chi connectivity index (χ0) is 28.8. The fourth-order valence-electron chi connectivity index (χ4n) is 4.99. The van der Waals surface area contributed by atoms with Gasteiger partial charge in [-0.05, 0) is 41.0 Å². The topological polar surface area (TPSA) is 101 Å². The van der Waals surface area contributed by atoms with Crippen LogP contribution < -0.4 is 10.2 Å². The van der Waals surface area contributed by atoms with Gasteiger partial charge in [-0.3, -0.25) is 4.79 Å². The van der Waals surface area contributed by atoms with Gasteiger partial charge < -0.3 is 20.4 Å². The molecule has 0 spiro atoms. The molecule has 1 aromatic heterocycles. The van der Waals surface area contributed by atoms with E-state index in [9.17, 15) is 19.8 Å². The van der Waals surface area contributed by atoms with Crippen molar-refractivity contribution in [1.29, 1.82) is 0 Å². The first kappa shape index (κ1) is 30.1. The second-order valence-corrected chi connectivity index (χ2v) is 17.4. The molecule has 0 saturated carbocycles. The molecule has 39 heavy (non-hydrogen) atoms. The van der Waals surface area contributed by atoms with Crippen molar-refractivity contribution < 1.29 is 24.6 Å². The number of hydrogen-bond acceptors (Lipinski definition) is 5. The molecule has 206 valence electrons. The van der Waals surface area contributed by atoms with Crippen molar-refractivity contribution in [3.05, 3.63) is 83.9 Å². The Kier molecular flexibility index (Phi) is 9.72. The Hall–Kier alpha value is -3.46. The monoisotopic (exact) mass is 546 g/mol. The van der Waals surface area contributed by atoms with Gasteiger partial charge in [0.05, 0.1) is 14.0 Å². The summed E-state index contributed by atoms with van der Waals surface area (Å²) in [5.74, 6) is -2.57. The van der Waals surface area contributed by atoms with Gasteiger partial charge in [-0.25, -0.2) is 4.79 Å². The lowest BCUT2D eigenvalue weighted by molar-refractivity contribution is -0.150. The van der Waals surface area contributed by atoms with E-state index in [-0.39, 0.29) is 28.4 Å². The highest BCUT2D eigenvalue weighted by molar-refractivity contribution is 6.81. The first-order chi connectivity index (χ1) is 18.3. The van der Waals surface area contributed by atoms with Gasteiger partial charge in [-0.1, -0.05) is 94.5 Å². The Labute approximate surface area is 233 Å². The van der Waals surface area contributed by atoms with E-state index in [0.717, 1.165) is 15.9 Å². The maximum Gasteiger partial charge on any atom is 0.336 e. The van der Waals surface area contributed by atoms with Crippen LogP contribution in [0.3, 0.4) is 0 Å². The lowest BCUT2D eigenvalue weighted by Crippen LogP contribution is -2.53. The van der Waals surface area contributed by atoms with E-state index in [1.54, 1.807) is 0 Å². The van der Waals surface area contributed by atoms with Crippen molar-refractivity contribution in [2.75, 3.05) is 0 Å². The molecule has 0 unspecified atom stereocenters. The number of nitrogens with zero attached hydrogens (tertiary/aromatic N) is 1. The Morgan fingerprint density at radius 2 is 1.38 bits per heavy atom. The van der Waals surface area contributed by atoms with E-state index in [0.29, 0.717) is 19.3 Å². The number of aromatic hydroxyl groups is 2. The summed E-state index contributed by atoms with van der Waals surface area (Å²) in [7, 11) is 3.46. The number of aromatic nitrogens is 1. The summed E-state index contributed by atoms with van der Waals surface area (Å²) in [6, 6.07) is 21.8. The predicted molar refractivity (Wildman–Crippen MR) is 157 cm³/mol. The quantitative estimate of drug-likeness (QED) is 0.277. The maximum absolute atomic E-state index is 13.7. The van der Waals surface area contributed by atoms with Crippen LogP contribution >= 0.6 is 0 Å². The van der Waals surface area contributed by atoms with Crippen LogP contribution in [0, 0.1) is 5.92 Å². The highest BCUT2D eigenvalue weighted by Gasteiger charge is 2.47. The Bertz CT molecular complexity index is 1220. The molecule has 0 aliphatic carbocycles. The molecule has 3 aromatic rings. The van der Waals surface area contributed by atoms with Crippen LogP contribution in [0.15, 0.2) is 72.8 Å². The molecule has 0 saturated heterocycles. The van der Waals surface area contributed by atoms with Gasteiger partial charge >= 0.3 is 5.97 Å². The van der Waals surface area contributed by atoms with E-state index in [1.807, 2.05) is 60.7 Å². The van der Waals surface area contributed by atoms with Gasteiger partial charge in [0, 0.05) is 18.2 Å². The minimum Gasteiger partial charge on any atom is -0.492 e. The lowest BCUT2D eigenvalue weighted by atomic mass is 9.90. The molecule has 3 atom stereocenters. The van der Waals surface area contributed by atoms with E-state index >= 15 is 0 Å². The molecule has 3 N–H and O–H groups in total. The molecule has 9 heteroatoms. The minimum absolute atomic E-state index is 0.0654. The molecule has 1 heterocycles. The molecule has 7 nitrogen and oxygen atoms in total. The zero-order valence-electron chi connectivity index (χ0n) is 23.4. The van der Waals surface area contributed by atoms with Crippen LogP contribution in [0.1, 0.15) is 38.3 Å². The van der Waals surface area contributed by atoms with Gasteiger partial charge in [0.1, 0.15) is 0 Å². The average molecular weight is 547 g/mol. The average Bonchev–Trinajstić information content (AvgIpc) is 3.18. The van der Waals surface area contributed by atoms with E-state index in [2.05, 4.69) is 39.2 Å². The van der Waals surface area contributed by atoms with Crippen LogP contribution in [0.2, 0.25) is 23.7 Å². The van der Waals surface area contributed by atoms with Crippen molar-refractivity contribution in [3.63, 3.8) is 0 Å². The van der Waals surface area contributed by atoms with Crippen molar-refractivity contribution in [2.45, 2.75) is 69.7 Å². The van der Waals surface area contributed by atoms with Crippen LogP contribution in [-0.2, 0) is 17.6 Å². The SMILES string of the molecule is [B]C(=O)N[C@H](Cc1ccccc1)[C@@H](C[C@H](Cc1ccccc1)C(=O)On1c(O)ccc1O)[Si](C)(C)C(C)(C)C. The summed E-state index contributed by atoms with van der Waals surface area (Å²) in [6.45, 7) is 11.2. The maximum atomic E-state index is 13.7. The number of carbonyl (C=O) groups excluding carboxylic acids is 2. The Morgan fingerprint density at radius 1 is 0.897 bits per heavy atom. The fourth-order valence-corrected chi connectivity index (χ4v) is 8.18. The third-order valence-corrected chi connectivity index (χ3v) is 14.5. The third-order valence-electron chi connectivity index (χ3n) is 8.15. The zero-order valence-corrected chi connectivity index (χ0v) is 24.4. The molecule has 2 radical (unpaired) electrons. The number of hydrogen-bond donors (Lipinski definition) is 3. The van der Waals surface area contributed by atoms with E-state index < -0.39 is 25.8 Å². The van der Waals surface area contributed by atoms with Crippen molar-refractivity contribution in [3.8, 4) is 11.8 Å². The highest BCUT2D eigenvalue weighted by atomic mass is 28.3. The molecule has 1 amide bonds. The smallest absolute Gasteiger partial charge is 0.336 e. The minimum atomic E-state index is -2.23. The molecule has 0 aliphatic rings. The lowest BCUT2D eigenvalue weighted by Gasteiger charge is -2.47. The summed E-state index contributed by atoms with van der Waals surface area (Å²) in [5.41, 5.74) is 1.94. The van der Waals surface area contributed by atoms with Crippen LogP contribution in [-0.4, -0.2) is 48.7 Å². The standard InChI is InChI=1S/C30H39BN2O5Si/c1-30(2,3)39(4,5)25(24(32-29(31)37)19-22-14-10-7-11-15-22)20-23(18-21-12-8-6-9-13-21)28(36)38-33-26(34)16-17-27(33)35/h6-17,23-25,34-35H,18-20H2,1-5H3,(H,32,37)/t23-,24+,25+/m0/s1. The molecular formula is C30H39BN2O5Si. The normalized spacial score (nSPS) is 14.3. The van der Waals surface area contributed by atoms with Gasteiger partial charge in [0.25, 0.3) is 0 Å². The van der Waals surface area contributed by atoms with Crippen molar-refractivity contribution in [1.82, 2.24) is 10.0 Å². The second-order valence-electron chi connectivity index (χ2n) is 11.8. The third kappa shape index (κ3) is 7.79. The number of carbonyl (C=O) groups is 2. The summed E-state index contributed by atoms with van der Waals surface area (Å²) in [6.07, 6.45) is 1.38. The Balaban J connectivity index is 2.05. The van der Waals surface area contributed by atoms with E-state index in [4.69, 9.17) is 12.7 Å². The van der Waals surface area contributed by atoms with Crippen LogP contribution in [0.4, 0.5) is 4.79 Å². The predicted octanol–water partition coefficient (Wildman–Crippen LogP) is 5.47. The number of benzene rings is 2. The number of rotatable bonds is 11. The molecular weight excluding hydrogens is 507 g/mol. The van der Waals surface area contributed by atoms with Gasteiger partial charge in [-0.2, -0.15) is 0 Å². The molecule has 0 aliphatic heterocycles. The van der Waals surface area contributed by atoms with Gasteiger partial charge in [-0.15, -0.1) is 4.73 Å². The van der Waals surface area contributed by atoms with Crippen LogP contribution in [0.5, 0.6) is 11.8 Å². The van der Waals surface area contributed by atoms with E-state index in [1.165, 1.54) is 12.1 Å². The molecule has 2 aromatic carbocycles. The van der Waals surface area contributed by atoms with Crippen molar-refractivity contribution in [2.24, 2.45) is 5.92 Å². The molecule has 3 rings (SSSR count). The summed E-state index contributed by atoms with van der Waals surface area (Å²) in [4.78, 5) is 31.4. The molecule has 0 fully saturated rings. The molecule has 0 bridgehead atoms. The van der Waals surface area contributed by atoms with Crippen molar-refractivity contribution >= 4 is 27.7 Å².